The Balaban J connectivity index is 1.54. The average Bonchev–Trinajstić information content (AvgIpc) is 2.74. The Morgan fingerprint density at radius 2 is 1.57 bits per heavy atom. The van der Waals surface area contributed by atoms with Gasteiger partial charge in [0, 0.05) is 23.8 Å². The summed E-state index contributed by atoms with van der Waals surface area (Å²) in [5.74, 6) is 0.196. The fourth-order valence-corrected chi connectivity index (χ4v) is 4.08. The second-order valence-electron chi connectivity index (χ2n) is 7.46. The molecule has 1 heterocycles. The van der Waals surface area contributed by atoms with E-state index in [1.807, 2.05) is 47.4 Å². The van der Waals surface area contributed by atoms with Crippen molar-refractivity contribution in [1.29, 1.82) is 0 Å². The third-order valence-corrected chi connectivity index (χ3v) is 5.44. The van der Waals surface area contributed by atoms with Crippen molar-refractivity contribution in [3.8, 4) is 0 Å². The molecule has 0 aromatic heterocycles. The minimum atomic E-state index is 0.152. The molecule has 2 unspecified atom stereocenters. The fraction of sp³-hybridized carbons (Fsp3) is 0.240. The van der Waals surface area contributed by atoms with Crippen molar-refractivity contribution in [3.63, 3.8) is 0 Å². The van der Waals surface area contributed by atoms with Crippen LogP contribution in [0.1, 0.15) is 36.9 Å². The van der Waals surface area contributed by atoms with Gasteiger partial charge < -0.3 is 10.2 Å². The maximum atomic E-state index is 13.1. The van der Waals surface area contributed by atoms with Gasteiger partial charge in [0.15, 0.2) is 0 Å². The van der Waals surface area contributed by atoms with Crippen LogP contribution in [-0.4, -0.2) is 11.9 Å². The molecule has 1 aliphatic heterocycles. The van der Waals surface area contributed by atoms with E-state index in [0.29, 0.717) is 6.42 Å². The standard InChI is InChI=1S/C25H26N2O/c1-19-18-23(26-21-12-6-3-7-13-21)22-14-8-9-15-24(22)27(19)25(28)17-16-20-10-4-2-5-11-20/h2-15,19,23,26H,16-18H2,1H3. The molecule has 4 rings (SSSR count). The Bertz CT molecular complexity index is 924. The molecule has 3 aromatic carbocycles. The number of anilines is 2. The van der Waals surface area contributed by atoms with Crippen LogP contribution in [0.4, 0.5) is 11.4 Å². The van der Waals surface area contributed by atoms with Gasteiger partial charge in [-0.2, -0.15) is 0 Å². The molecule has 1 amide bonds. The molecule has 0 aliphatic carbocycles. The zero-order valence-electron chi connectivity index (χ0n) is 16.2. The molecule has 0 radical (unpaired) electrons. The van der Waals surface area contributed by atoms with Gasteiger partial charge in [-0.1, -0.05) is 66.7 Å². The van der Waals surface area contributed by atoms with Crippen molar-refractivity contribution in [1.82, 2.24) is 0 Å². The van der Waals surface area contributed by atoms with Gasteiger partial charge in [0.25, 0.3) is 0 Å². The Kier molecular flexibility index (Phi) is 5.43. The maximum Gasteiger partial charge on any atom is 0.227 e. The summed E-state index contributed by atoms with van der Waals surface area (Å²) in [5, 5.41) is 3.65. The first-order chi connectivity index (χ1) is 13.7. The first-order valence-corrected chi connectivity index (χ1v) is 9.99. The molecule has 2 atom stereocenters. The lowest BCUT2D eigenvalue weighted by molar-refractivity contribution is -0.119. The molecule has 28 heavy (non-hydrogen) atoms. The molecule has 1 N–H and O–H groups in total. The molecule has 0 saturated carbocycles. The normalized spacial score (nSPS) is 18.4. The molecule has 0 bridgehead atoms. The van der Waals surface area contributed by atoms with Crippen LogP contribution in [0.15, 0.2) is 84.9 Å². The predicted molar refractivity (Wildman–Crippen MR) is 116 cm³/mol. The highest BCUT2D eigenvalue weighted by Gasteiger charge is 2.33. The highest BCUT2D eigenvalue weighted by Crippen LogP contribution is 2.39. The molecule has 142 valence electrons. The third-order valence-electron chi connectivity index (χ3n) is 5.44. The number of fused-ring (bicyclic) bond motifs is 1. The van der Waals surface area contributed by atoms with Gasteiger partial charge in [-0.3, -0.25) is 4.79 Å². The summed E-state index contributed by atoms with van der Waals surface area (Å²) < 4.78 is 0. The summed E-state index contributed by atoms with van der Waals surface area (Å²) in [6.07, 6.45) is 2.19. The third kappa shape index (κ3) is 3.94. The summed E-state index contributed by atoms with van der Waals surface area (Å²) in [7, 11) is 0. The Morgan fingerprint density at radius 3 is 2.32 bits per heavy atom. The SMILES string of the molecule is CC1CC(Nc2ccccc2)c2ccccc2N1C(=O)CCc1ccccc1. The van der Waals surface area contributed by atoms with E-state index >= 15 is 0 Å². The first kappa shape index (κ1) is 18.3. The number of carbonyl (C=O) groups excluding carboxylic acids is 1. The second kappa shape index (κ2) is 8.30. The highest BCUT2D eigenvalue weighted by molar-refractivity contribution is 5.95. The molecule has 0 saturated heterocycles. The van der Waals surface area contributed by atoms with Crippen LogP contribution in [0, 0.1) is 0 Å². The Hall–Kier alpha value is -3.07. The summed E-state index contributed by atoms with van der Waals surface area (Å²) in [6, 6.07) is 29.2. The van der Waals surface area contributed by atoms with Crippen LogP contribution < -0.4 is 10.2 Å². The number of nitrogens with zero attached hydrogens (tertiary/aromatic N) is 1. The lowest BCUT2D eigenvalue weighted by atomic mass is 9.91. The lowest BCUT2D eigenvalue weighted by Crippen LogP contribution is -2.44. The number of hydrogen-bond acceptors (Lipinski definition) is 2. The minimum Gasteiger partial charge on any atom is -0.378 e. The predicted octanol–water partition coefficient (Wildman–Crippen LogP) is 5.60. The molecule has 1 aliphatic rings. The Morgan fingerprint density at radius 1 is 0.929 bits per heavy atom. The van der Waals surface area contributed by atoms with E-state index in [-0.39, 0.29) is 18.0 Å². The van der Waals surface area contributed by atoms with E-state index in [1.165, 1.54) is 11.1 Å². The quantitative estimate of drug-likeness (QED) is 0.634. The number of para-hydroxylation sites is 2. The number of rotatable bonds is 5. The van der Waals surface area contributed by atoms with Crippen molar-refractivity contribution in [3.05, 3.63) is 96.1 Å². The van der Waals surface area contributed by atoms with Gasteiger partial charge >= 0.3 is 0 Å². The smallest absolute Gasteiger partial charge is 0.227 e. The van der Waals surface area contributed by atoms with Crippen LogP contribution in [0.5, 0.6) is 0 Å². The lowest BCUT2D eigenvalue weighted by Gasteiger charge is -2.40. The van der Waals surface area contributed by atoms with Crippen molar-refractivity contribution < 1.29 is 4.79 Å². The molecule has 0 spiro atoms. The summed E-state index contributed by atoms with van der Waals surface area (Å²) >= 11 is 0. The van der Waals surface area contributed by atoms with Crippen molar-refractivity contribution in [2.45, 2.75) is 38.3 Å². The molecule has 3 aromatic rings. The van der Waals surface area contributed by atoms with Crippen molar-refractivity contribution in [2.75, 3.05) is 10.2 Å². The number of benzene rings is 3. The topological polar surface area (TPSA) is 32.3 Å². The van der Waals surface area contributed by atoms with E-state index in [4.69, 9.17) is 0 Å². The molecular formula is C25H26N2O. The van der Waals surface area contributed by atoms with Gasteiger partial charge in [0.2, 0.25) is 5.91 Å². The molecule has 3 nitrogen and oxygen atoms in total. The van der Waals surface area contributed by atoms with E-state index in [1.54, 1.807) is 0 Å². The van der Waals surface area contributed by atoms with Crippen LogP contribution in [0.2, 0.25) is 0 Å². The van der Waals surface area contributed by atoms with Gasteiger partial charge in [-0.05, 0) is 49.1 Å². The van der Waals surface area contributed by atoms with Gasteiger partial charge in [-0.25, -0.2) is 0 Å². The zero-order valence-corrected chi connectivity index (χ0v) is 16.2. The monoisotopic (exact) mass is 370 g/mol. The van der Waals surface area contributed by atoms with E-state index in [2.05, 4.69) is 54.7 Å². The van der Waals surface area contributed by atoms with Crippen molar-refractivity contribution in [2.24, 2.45) is 0 Å². The average molecular weight is 370 g/mol. The van der Waals surface area contributed by atoms with Crippen LogP contribution in [-0.2, 0) is 11.2 Å². The largest absolute Gasteiger partial charge is 0.378 e. The number of amides is 1. The summed E-state index contributed by atoms with van der Waals surface area (Å²) in [5.41, 5.74) is 4.54. The van der Waals surface area contributed by atoms with Gasteiger partial charge in [-0.15, -0.1) is 0 Å². The van der Waals surface area contributed by atoms with Crippen molar-refractivity contribution >= 4 is 17.3 Å². The number of nitrogens with one attached hydrogen (secondary N) is 1. The zero-order chi connectivity index (χ0) is 19.3. The minimum absolute atomic E-state index is 0.152. The van der Waals surface area contributed by atoms with E-state index in [9.17, 15) is 4.79 Å². The number of carbonyl (C=O) groups is 1. The van der Waals surface area contributed by atoms with Gasteiger partial charge in [0.1, 0.15) is 0 Å². The first-order valence-electron chi connectivity index (χ1n) is 9.99. The van der Waals surface area contributed by atoms with Crippen LogP contribution >= 0.6 is 0 Å². The summed E-state index contributed by atoms with van der Waals surface area (Å²) in [6.45, 7) is 2.15. The van der Waals surface area contributed by atoms with Crippen LogP contribution in [0.25, 0.3) is 0 Å². The van der Waals surface area contributed by atoms with E-state index in [0.717, 1.165) is 24.2 Å². The Labute approximate surface area is 167 Å². The fourth-order valence-electron chi connectivity index (χ4n) is 4.08. The second-order valence-corrected chi connectivity index (χ2v) is 7.46. The molecule has 3 heteroatoms. The highest BCUT2D eigenvalue weighted by atomic mass is 16.2. The summed E-state index contributed by atoms with van der Waals surface area (Å²) in [4.78, 5) is 15.1. The number of aryl methyl sites for hydroxylation is 1. The van der Waals surface area contributed by atoms with E-state index < -0.39 is 0 Å². The maximum absolute atomic E-state index is 13.1. The van der Waals surface area contributed by atoms with Gasteiger partial charge in [0.05, 0.1) is 6.04 Å². The van der Waals surface area contributed by atoms with Crippen LogP contribution in [0.3, 0.4) is 0 Å². The molecule has 0 fully saturated rings. The molecular weight excluding hydrogens is 344 g/mol. The number of hydrogen-bond donors (Lipinski definition) is 1.